The zero-order chi connectivity index (χ0) is 26.7. The van der Waals surface area contributed by atoms with Gasteiger partial charge in [0.05, 0.1) is 11.3 Å². The maximum absolute atomic E-state index is 14.0. The van der Waals surface area contributed by atoms with Crippen LogP contribution < -0.4 is 11.1 Å². The van der Waals surface area contributed by atoms with Crippen LogP contribution in [0.3, 0.4) is 0 Å². The second-order valence-corrected chi connectivity index (χ2v) is 12.9. The number of nitrogens with zero attached hydrogens (tertiary/aromatic N) is 4. The van der Waals surface area contributed by atoms with Gasteiger partial charge in [-0.3, -0.25) is 4.79 Å². The van der Waals surface area contributed by atoms with Gasteiger partial charge in [0.25, 0.3) is 0 Å². The fourth-order valence-corrected chi connectivity index (χ4v) is 7.30. The molecule has 1 atom stereocenters. The van der Waals surface area contributed by atoms with E-state index in [1.54, 1.807) is 4.31 Å². The molecule has 3 N–H and O–H groups in total. The van der Waals surface area contributed by atoms with Crippen molar-refractivity contribution in [1.82, 2.24) is 19.1 Å². The number of thiazole rings is 1. The number of benzene rings is 1. The van der Waals surface area contributed by atoms with E-state index in [1.165, 1.54) is 6.07 Å². The molecule has 1 unspecified atom stereocenters. The first-order valence-corrected chi connectivity index (χ1v) is 14.9. The summed E-state index contributed by atoms with van der Waals surface area (Å²) in [6.07, 6.45) is 2.86. The molecular formula is C24H34F2N6O3S2. The summed E-state index contributed by atoms with van der Waals surface area (Å²) in [5.41, 5.74) is 5.22. The molecule has 0 amide bonds. The molecule has 2 aliphatic rings. The highest BCUT2D eigenvalue weighted by molar-refractivity contribution is 7.89. The summed E-state index contributed by atoms with van der Waals surface area (Å²) >= 11 is 0.935. The van der Waals surface area contributed by atoms with Crippen LogP contribution in [-0.2, 0) is 10.0 Å². The van der Waals surface area contributed by atoms with Crippen molar-refractivity contribution in [2.24, 2.45) is 0 Å². The summed E-state index contributed by atoms with van der Waals surface area (Å²) in [5.74, 6) is -2.74. The third-order valence-corrected chi connectivity index (χ3v) is 10.0. The van der Waals surface area contributed by atoms with Crippen LogP contribution in [0.15, 0.2) is 18.2 Å². The van der Waals surface area contributed by atoms with E-state index in [0.29, 0.717) is 43.5 Å². The van der Waals surface area contributed by atoms with Gasteiger partial charge in [-0.15, -0.1) is 0 Å². The molecule has 3 heterocycles. The molecule has 9 nitrogen and oxygen atoms in total. The molecule has 204 valence electrons. The van der Waals surface area contributed by atoms with Gasteiger partial charge >= 0.3 is 0 Å². The molecule has 13 heteroatoms. The quantitative estimate of drug-likeness (QED) is 0.430. The molecule has 0 saturated carbocycles. The first-order valence-electron chi connectivity index (χ1n) is 12.4. The summed E-state index contributed by atoms with van der Waals surface area (Å²) in [6, 6.07) is 3.69. The van der Waals surface area contributed by atoms with Crippen molar-refractivity contribution in [3.8, 4) is 0 Å². The van der Waals surface area contributed by atoms with Crippen LogP contribution in [0.2, 0.25) is 0 Å². The molecule has 2 aromatic rings. The number of rotatable bonds is 10. The van der Waals surface area contributed by atoms with Gasteiger partial charge < -0.3 is 20.9 Å². The number of aromatic nitrogens is 1. The fraction of sp³-hybridized carbons (Fsp3) is 0.583. The van der Waals surface area contributed by atoms with E-state index in [9.17, 15) is 22.0 Å². The molecule has 2 saturated heterocycles. The first kappa shape index (κ1) is 27.8. The minimum atomic E-state index is -3.33. The van der Waals surface area contributed by atoms with Crippen molar-refractivity contribution >= 4 is 38.1 Å². The number of carbonyl (C=O) groups excluding carboxylic acids is 1. The smallest absolute Gasteiger partial charge is 0.214 e. The van der Waals surface area contributed by atoms with Crippen LogP contribution in [0.5, 0.6) is 0 Å². The SMILES string of the molecule is CN(C)C1CCN(CCCS(=O)(=O)N2CCC(Nc3nc(N)c(C(=O)c4c(F)cccc4F)s3)CC2)C1. The molecule has 37 heavy (non-hydrogen) atoms. The highest BCUT2D eigenvalue weighted by Crippen LogP contribution is 2.30. The van der Waals surface area contributed by atoms with Gasteiger partial charge in [-0.25, -0.2) is 26.5 Å². The highest BCUT2D eigenvalue weighted by Gasteiger charge is 2.30. The van der Waals surface area contributed by atoms with E-state index < -0.39 is 33.0 Å². The molecule has 0 bridgehead atoms. The van der Waals surface area contributed by atoms with Gasteiger partial charge in [0.15, 0.2) is 5.13 Å². The number of ketones is 1. The molecular weight excluding hydrogens is 522 g/mol. The Balaban J connectivity index is 1.26. The lowest BCUT2D eigenvalue weighted by Crippen LogP contribution is -2.43. The zero-order valence-electron chi connectivity index (χ0n) is 21.1. The Kier molecular flexibility index (Phi) is 8.79. The van der Waals surface area contributed by atoms with Gasteiger partial charge in [-0.05, 0) is 65.0 Å². The normalized spacial score (nSPS) is 20.1. The first-order chi connectivity index (χ1) is 17.5. The standard InChI is InChI=1S/C24H34F2N6O3S2/c1-30(2)17-9-11-31(15-17)10-4-14-37(34,35)32-12-7-16(8-13-32)28-24-29-23(27)22(36-24)21(33)20-18(25)5-3-6-19(20)26/h3,5-6,16-17H,4,7-15,27H2,1-2H3,(H,28,29). The van der Waals surface area contributed by atoms with Gasteiger partial charge in [-0.2, -0.15) is 0 Å². The maximum Gasteiger partial charge on any atom is 0.214 e. The van der Waals surface area contributed by atoms with Gasteiger partial charge in [0, 0.05) is 31.7 Å². The van der Waals surface area contributed by atoms with Crippen LogP contribution in [0.4, 0.5) is 19.7 Å². The predicted octanol–water partition coefficient (Wildman–Crippen LogP) is 2.47. The molecule has 2 fully saturated rings. The lowest BCUT2D eigenvalue weighted by Gasteiger charge is -2.31. The molecule has 0 radical (unpaired) electrons. The van der Waals surface area contributed by atoms with E-state index in [1.807, 2.05) is 0 Å². The Morgan fingerprint density at radius 1 is 1.19 bits per heavy atom. The number of nitrogen functional groups attached to an aromatic ring is 1. The number of hydrogen-bond donors (Lipinski definition) is 2. The van der Waals surface area contributed by atoms with E-state index in [4.69, 9.17) is 5.73 Å². The number of likely N-dealkylation sites (N-methyl/N-ethyl adjacent to an activating group) is 1. The average molecular weight is 557 g/mol. The van der Waals surface area contributed by atoms with Crippen molar-refractivity contribution in [1.29, 1.82) is 0 Å². The van der Waals surface area contributed by atoms with E-state index in [0.717, 1.165) is 49.5 Å². The predicted molar refractivity (Wildman–Crippen MR) is 141 cm³/mol. The second-order valence-electron chi connectivity index (χ2n) is 9.85. The third kappa shape index (κ3) is 6.63. The molecule has 4 rings (SSSR count). The summed E-state index contributed by atoms with van der Waals surface area (Å²) in [4.78, 5) is 21.3. The van der Waals surface area contributed by atoms with E-state index in [-0.39, 0.29) is 22.5 Å². The molecule has 1 aromatic heterocycles. The van der Waals surface area contributed by atoms with Crippen molar-refractivity contribution in [3.63, 3.8) is 0 Å². The number of likely N-dealkylation sites (tertiary alicyclic amines) is 1. The van der Waals surface area contributed by atoms with Crippen LogP contribution >= 0.6 is 11.3 Å². The van der Waals surface area contributed by atoms with Crippen molar-refractivity contribution in [2.75, 3.05) is 63.6 Å². The number of carbonyl (C=O) groups is 1. The Bertz CT molecular complexity index is 1190. The molecule has 0 aliphatic carbocycles. The second kappa shape index (κ2) is 11.7. The van der Waals surface area contributed by atoms with Gasteiger partial charge in [0.2, 0.25) is 15.8 Å². The lowest BCUT2D eigenvalue weighted by atomic mass is 10.1. The van der Waals surface area contributed by atoms with Crippen molar-refractivity contribution < 1.29 is 22.0 Å². The van der Waals surface area contributed by atoms with Crippen LogP contribution in [-0.4, -0.2) is 97.9 Å². The number of nitrogens with one attached hydrogen (secondary N) is 1. The monoisotopic (exact) mass is 556 g/mol. The Morgan fingerprint density at radius 3 is 2.49 bits per heavy atom. The van der Waals surface area contributed by atoms with Gasteiger partial charge in [-0.1, -0.05) is 17.4 Å². The Morgan fingerprint density at radius 2 is 1.86 bits per heavy atom. The number of hydrogen-bond acceptors (Lipinski definition) is 9. The summed E-state index contributed by atoms with van der Waals surface area (Å²) in [5, 5.41) is 3.56. The Labute approximate surface area is 220 Å². The summed E-state index contributed by atoms with van der Waals surface area (Å²) in [7, 11) is 0.817. The lowest BCUT2D eigenvalue weighted by molar-refractivity contribution is 0.103. The number of anilines is 2. The third-order valence-electron chi connectivity index (χ3n) is 7.08. The largest absolute Gasteiger partial charge is 0.382 e. The zero-order valence-corrected chi connectivity index (χ0v) is 22.8. The molecule has 1 aromatic carbocycles. The maximum atomic E-state index is 14.0. The van der Waals surface area contributed by atoms with E-state index >= 15 is 0 Å². The van der Waals surface area contributed by atoms with E-state index in [2.05, 4.69) is 34.2 Å². The number of piperidine rings is 1. The fourth-order valence-electron chi connectivity index (χ4n) is 4.87. The summed E-state index contributed by atoms with van der Waals surface area (Å²) < 4.78 is 55.4. The number of nitrogens with two attached hydrogens (primary N) is 1. The number of sulfonamides is 1. The number of halogens is 2. The Hall–Kier alpha value is -2.19. The minimum Gasteiger partial charge on any atom is -0.382 e. The van der Waals surface area contributed by atoms with Crippen LogP contribution in [0.1, 0.15) is 40.9 Å². The van der Waals surface area contributed by atoms with Crippen LogP contribution in [0.25, 0.3) is 0 Å². The van der Waals surface area contributed by atoms with Gasteiger partial charge in [0.1, 0.15) is 22.3 Å². The highest BCUT2D eigenvalue weighted by atomic mass is 32.2. The molecule has 2 aliphatic heterocycles. The van der Waals surface area contributed by atoms with Crippen molar-refractivity contribution in [3.05, 3.63) is 40.3 Å². The topological polar surface area (TPSA) is 112 Å². The van der Waals surface area contributed by atoms with Crippen molar-refractivity contribution in [2.45, 2.75) is 37.8 Å². The average Bonchev–Trinajstić information content (AvgIpc) is 3.46. The molecule has 0 spiro atoms. The minimum absolute atomic E-state index is 0.0404. The van der Waals surface area contributed by atoms with Crippen LogP contribution in [0, 0.1) is 11.6 Å². The summed E-state index contributed by atoms with van der Waals surface area (Å²) in [6.45, 7) is 3.54.